The number of rotatable bonds is 5. The fourth-order valence-corrected chi connectivity index (χ4v) is 2.67. The lowest BCUT2D eigenvalue weighted by atomic mass is 10.1. The summed E-state index contributed by atoms with van der Waals surface area (Å²) in [7, 11) is 0. The summed E-state index contributed by atoms with van der Waals surface area (Å²) in [5, 5.41) is 0. The molecule has 6 nitrogen and oxygen atoms in total. The molecule has 27 heavy (non-hydrogen) atoms. The molecule has 2 aromatic rings. The fourth-order valence-electron chi connectivity index (χ4n) is 2.67. The minimum atomic E-state index is -1.33. The zero-order valence-corrected chi connectivity index (χ0v) is 14.6. The Balaban J connectivity index is 1.63. The lowest BCUT2D eigenvalue weighted by Gasteiger charge is -2.29. The van der Waals surface area contributed by atoms with Gasteiger partial charge < -0.3 is 9.47 Å². The van der Waals surface area contributed by atoms with Gasteiger partial charge in [0.15, 0.2) is 11.8 Å². The van der Waals surface area contributed by atoms with E-state index in [9.17, 15) is 14.4 Å². The van der Waals surface area contributed by atoms with Crippen LogP contribution in [0.5, 0.6) is 0 Å². The molecule has 0 aromatic heterocycles. The second-order valence-electron chi connectivity index (χ2n) is 5.99. The first-order chi connectivity index (χ1) is 13.1. The number of esters is 1. The van der Waals surface area contributed by atoms with Crippen molar-refractivity contribution in [1.82, 2.24) is 4.90 Å². The first kappa shape index (κ1) is 18.4. The molecule has 0 N–H and O–H groups in total. The van der Waals surface area contributed by atoms with Crippen LogP contribution in [0.4, 0.5) is 4.79 Å². The SMILES string of the molecule is O=C1C=CCN(C(=O)OCc2ccccc2)C1C(=O)OCc1ccccc1. The third kappa shape index (κ3) is 4.82. The average Bonchev–Trinajstić information content (AvgIpc) is 2.71. The maximum Gasteiger partial charge on any atom is 0.411 e. The lowest BCUT2D eigenvalue weighted by Crippen LogP contribution is -2.52. The molecule has 1 atom stereocenters. The number of carbonyl (C=O) groups is 3. The second-order valence-corrected chi connectivity index (χ2v) is 5.99. The molecule has 1 aliphatic rings. The molecule has 0 bridgehead atoms. The van der Waals surface area contributed by atoms with Crippen molar-refractivity contribution in [3.63, 3.8) is 0 Å². The van der Waals surface area contributed by atoms with Crippen LogP contribution in [-0.4, -0.2) is 35.3 Å². The molecule has 1 unspecified atom stereocenters. The van der Waals surface area contributed by atoms with Crippen LogP contribution in [0.2, 0.25) is 0 Å². The van der Waals surface area contributed by atoms with Crippen molar-refractivity contribution in [3.8, 4) is 0 Å². The van der Waals surface area contributed by atoms with Crippen LogP contribution >= 0.6 is 0 Å². The van der Waals surface area contributed by atoms with Gasteiger partial charge in [-0.3, -0.25) is 9.69 Å². The van der Waals surface area contributed by atoms with E-state index < -0.39 is 23.9 Å². The van der Waals surface area contributed by atoms with Crippen LogP contribution in [-0.2, 0) is 32.3 Å². The normalized spacial score (nSPS) is 16.1. The zero-order valence-electron chi connectivity index (χ0n) is 14.6. The Morgan fingerprint density at radius 3 is 2.04 bits per heavy atom. The third-order valence-electron chi connectivity index (χ3n) is 4.05. The van der Waals surface area contributed by atoms with Gasteiger partial charge in [0.05, 0.1) is 0 Å². The summed E-state index contributed by atoms with van der Waals surface area (Å²) >= 11 is 0. The molecule has 0 spiro atoms. The van der Waals surface area contributed by atoms with Crippen LogP contribution in [0.15, 0.2) is 72.8 Å². The van der Waals surface area contributed by atoms with Gasteiger partial charge in [0.1, 0.15) is 13.2 Å². The molecule has 2 aromatic carbocycles. The van der Waals surface area contributed by atoms with Crippen molar-refractivity contribution in [2.75, 3.05) is 6.54 Å². The van der Waals surface area contributed by atoms with Crippen molar-refractivity contribution in [2.24, 2.45) is 0 Å². The molecule has 0 aliphatic carbocycles. The average molecular weight is 365 g/mol. The molecular formula is C21H19NO5. The Labute approximate surface area is 157 Å². The van der Waals surface area contributed by atoms with E-state index in [0.29, 0.717) is 0 Å². The molecule has 0 fully saturated rings. The maximum atomic E-state index is 12.4. The van der Waals surface area contributed by atoms with E-state index >= 15 is 0 Å². The van der Waals surface area contributed by atoms with E-state index in [1.54, 1.807) is 0 Å². The molecule has 1 amide bonds. The number of ketones is 1. The largest absolute Gasteiger partial charge is 0.459 e. The zero-order chi connectivity index (χ0) is 19.1. The number of benzene rings is 2. The fraction of sp³-hybridized carbons (Fsp3) is 0.190. The van der Waals surface area contributed by atoms with E-state index in [2.05, 4.69) is 0 Å². The minimum absolute atomic E-state index is 0.0278. The molecule has 1 aliphatic heterocycles. The highest BCUT2D eigenvalue weighted by atomic mass is 16.6. The standard InChI is InChI=1S/C21H19NO5/c23-18-12-7-13-22(21(25)27-15-17-10-5-2-6-11-17)19(18)20(24)26-14-16-8-3-1-4-9-16/h1-12,19H,13-15H2. The first-order valence-electron chi connectivity index (χ1n) is 8.53. The quantitative estimate of drug-likeness (QED) is 0.602. The molecule has 1 heterocycles. The predicted octanol–water partition coefficient (Wildman–Crippen LogP) is 2.88. The highest BCUT2D eigenvalue weighted by Crippen LogP contribution is 2.14. The molecule has 6 heteroatoms. The summed E-state index contributed by atoms with van der Waals surface area (Å²) in [6, 6.07) is 16.9. The van der Waals surface area contributed by atoms with Gasteiger partial charge in [-0.1, -0.05) is 66.7 Å². The van der Waals surface area contributed by atoms with E-state index in [1.165, 1.54) is 12.2 Å². The molecule has 138 valence electrons. The van der Waals surface area contributed by atoms with Crippen molar-refractivity contribution < 1.29 is 23.9 Å². The van der Waals surface area contributed by atoms with Crippen LogP contribution in [0.3, 0.4) is 0 Å². The second kappa shape index (κ2) is 8.80. The molecule has 0 saturated heterocycles. The summed E-state index contributed by atoms with van der Waals surface area (Å²) in [6.07, 6.45) is 2.07. The first-order valence-corrected chi connectivity index (χ1v) is 8.53. The maximum absolute atomic E-state index is 12.4. The Morgan fingerprint density at radius 2 is 1.44 bits per heavy atom. The van der Waals surface area contributed by atoms with Gasteiger partial charge in [0.25, 0.3) is 0 Å². The monoisotopic (exact) mass is 365 g/mol. The smallest absolute Gasteiger partial charge is 0.411 e. The van der Waals surface area contributed by atoms with Crippen LogP contribution in [0, 0.1) is 0 Å². The van der Waals surface area contributed by atoms with Crippen molar-refractivity contribution in [3.05, 3.63) is 83.9 Å². The summed E-state index contributed by atoms with van der Waals surface area (Å²) in [6.45, 7) is 0.185. The third-order valence-corrected chi connectivity index (χ3v) is 4.05. The van der Waals surface area contributed by atoms with Crippen molar-refractivity contribution in [2.45, 2.75) is 19.3 Å². The van der Waals surface area contributed by atoms with Crippen LogP contribution in [0.25, 0.3) is 0 Å². The number of hydrogen-bond acceptors (Lipinski definition) is 5. The van der Waals surface area contributed by atoms with Crippen molar-refractivity contribution >= 4 is 17.8 Å². The Kier molecular flexibility index (Phi) is 5.99. The number of nitrogens with zero attached hydrogens (tertiary/aromatic N) is 1. The molecule has 3 rings (SSSR count). The van der Waals surface area contributed by atoms with Gasteiger partial charge in [0, 0.05) is 6.54 Å². The number of carbonyl (C=O) groups excluding carboxylic acids is 3. The van der Waals surface area contributed by atoms with Gasteiger partial charge in [-0.2, -0.15) is 0 Å². The lowest BCUT2D eigenvalue weighted by molar-refractivity contribution is -0.153. The number of ether oxygens (including phenoxy) is 2. The van der Waals surface area contributed by atoms with Gasteiger partial charge in [-0.15, -0.1) is 0 Å². The summed E-state index contributed by atoms with van der Waals surface area (Å²) in [5.41, 5.74) is 1.61. The molecular weight excluding hydrogens is 346 g/mol. The highest BCUT2D eigenvalue weighted by molar-refractivity contribution is 6.11. The van der Waals surface area contributed by atoms with E-state index in [4.69, 9.17) is 9.47 Å². The van der Waals surface area contributed by atoms with E-state index in [1.807, 2.05) is 60.7 Å². The van der Waals surface area contributed by atoms with E-state index in [-0.39, 0.29) is 19.8 Å². The number of hydrogen-bond donors (Lipinski definition) is 0. The minimum Gasteiger partial charge on any atom is -0.459 e. The van der Waals surface area contributed by atoms with Crippen LogP contribution in [0.1, 0.15) is 11.1 Å². The Morgan fingerprint density at radius 1 is 0.889 bits per heavy atom. The Hall–Kier alpha value is -3.41. The number of amides is 1. The van der Waals surface area contributed by atoms with Crippen molar-refractivity contribution in [1.29, 1.82) is 0 Å². The van der Waals surface area contributed by atoms with Gasteiger partial charge >= 0.3 is 12.1 Å². The van der Waals surface area contributed by atoms with Gasteiger partial charge in [0.2, 0.25) is 0 Å². The Bertz CT molecular complexity index is 832. The predicted molar refractivity (Wildman–Crippen MR) is 97.5 cm³/mol. The highest BCUT2D eigenvalue weighted by Gasteiger charge is 2.38. The van der Waals surface area contributed by atoms with Crippen LogP contribution < -0.4 is 0 Å². The topological polar surface area (TPSA) is 72.9 Å². The van der Waals surface area contributed by atoms with Gasteiger partial charge in [-0.05, 0) is 17.2 Å². The van der Waals surface area contributed by atoms with E-state index in [0.717, 1.165) is 16.0 Å². The summed E-state index contributed by atoms with van der Waals surface area (Å²) in [5.74, 6) is -1.28. The summed E-state index contributed by atoms with van der Waals surface area (Å²) < 4.78 is 10.5. The van der Waals surface area contributed by atoms with Gasteiger partial charge in [-0.25, -0.2) is 9.59 Å². The molecule has 0 saturated carbocycles. The molecule has 0 radical (unpaired) electrons. The summed E-state index contributed by atoms with van der Waals surface area (Å²) in [4.78, 5) is 38.1.